The smallest absolute Gasteiger partial charge is 0.338 e. The number of benzene rings is 3. The molecule has 8 heteroatoms. The molecule has 1 aliphatic rings. The summed E-state index contributed by atoms with van der Waals surface area (Å²) >= 11 is 0. The van der Waals surface area contributed by atoms with Crippen LogP contribution in [0.2, 0.25) is 0 Å². The lowest BCUT2D eigenvalue weighted by Crippen LogP contribution is -2.39. The van der Waals surface area contributed by atoms with Gasteiger partial charge in [-0.05, 0) is 55.8 Å². The van der Waals surface area contributed by atoms with E-state index in [9.17, 15) is 18.0 Å². The summed E-state index contributed by atoms with van der Waals surface area (Å²) in [6.07, 6.45) is 1.20. The highest BCUT2D eigenvalue weighted by atomic mass is 32.2. The highest BCUT2D eigenvalue weighted by Gasteiger charge is 2.40. The van der Waals surface area contributed by atoms with E-state index in [0.29, 0.717) is 22.5 Å². The minimum Gasteiger partial charge on any atom is -0.462 e. The molecule has 34 heavy (non-hydrogen) atoms. The van der Waals surface area contributed by atoms with Gasteiger partial charge in [0.15, 0.2) is 4.91 Å². The number of carbonyl (C=O) groups is 2. The van der Waals surface area contributed by atoms with E-state index in [1.165, 1.54) is 10.5 Å². The van der Waals surface area contributed by atoms with Crippen LogP contribution in [0.1, 0.15) is 38.8 Å². The Morgan fingerprint density at radius 3 is 2.35 bits per heavy atom. The molecule has 0 aromatic heterocycles. The zero-order valence-electron chi connectivity index (χ0n) is 18.8. The van der Waals surface area contributed by atoms with Crippen molar-refractivity contribution in [1.82, 2.24) is 0 Å². The molecule has 0 spiro atoms. The molecule has 4 rings (SSSR count). The second kappa shape index (κ2) is 9.52. The normalized spacial score (nSPS) is 15.6. The van der Waals surface area contributed by atoms with Crippen LogP contribution >= 0.6 is 0 Å². The Morgan fingerprint density at radius 1 is 1.00 bits per heavy atom. The number of esters is 1. The fraction of sp³-hybridized carbons (Fsp3) is 0.154. The molecule has 174 valence electrons. The van der Waals surface area contributed by atoms with E-state index < -0.39 is 21.8 Å². The number of ketones is 1. The fourth-order valence-corrected chi connectivity index (χ4v) is 5.14. The fourth-order valence-electron chi connectivity index (χ4n) is 3.62. The summed E-state index contributed by atoms with van der Waals surface area (Å²) in [6.45, 7) is 4.05. The summed E-state index contributed by atoms with van der Waals surface area (Å²) in [7, 11) is -4.13. The van der Waals surface area contributed by atoms with Crippen molar-refractivity contribution in [2.75, 3.05) is 16.2 Å². The highest BCUT2D eigenvalue weighted by molar-refractivity contribution is 7.97. The van der Waals surface area contributed by atoms with Gasteiger partial charge < -0.3 is 10.1 Å². The number of aryl methyl sites for hydroxylation is 1. The monoisotopic (exact) mass is 476 g/mol. The number of rotatable bonds is 6. The Morgan fingerprint density at radius 2 is 1.68 bits per heavy atom. The third-order valence-corrected chi connectivity index (χ3v) is 7.19. The van der Waals surface area contributed by atoms with Gasteiger partial charge in [-0.15, -0.1) is 0 Å². The average molecular weight is 477 g/mol. The second-order valence-electron chi connectivity index (χ2n) is 7.79. The van der Waals surface area contributed by atoms with Gasteiger partial charge in [-0.1, -0.05) is 42.0 Å². The van der Waals surface area contributed by atoms with Gasteiger partial charge in [0.1, 0.15) is 0 Å². The summed E-state index contributed by atoms with van der Waals surface area (Å²) in [5.41, 5.74) is 3.44. The van der Waals surface area contributed by atoms with E-state index in [0.717, 1.165) is 11.1 Å². The van der Waals surface area contributed by atoms with Gasteiger partial charge in [0.2, 0.25) is 5.78 Å². The number of nitrogens with one attached hydrogen (secondary N) is 1. The van der Waals surface area contributed by atoms with E-state index in [2.05, 4.69) is 5.32 Å². The lowest BCUT2D eigenvalue weighted by molar-refractivity contribution is 0.0526. The highest BCUT2D eigenvalue weighted by Crippen LogP contribution is 2.36. The van der Waals surface area contributed by atoms with Crippen molar-refractivity contribution in [3.63, 3.8) is 0 Å². The van der Waals surface area contributed by atoms with Gasteiger partial charge in [0.25, 0.3) is 10.0 Å². The van der Waals surface area contributed by atoms with E-state index in [1.807, 2.05) is 31.2 Å². The van der Waals surface area contributed by atoms with Gasteiger partial charge in [-0.25, -0.2) is 13.2 Å². The summed E-state index contributed by atoms with van der Waals surface area (Å²) in [5.74, 6) is -1.02. The first-order valence-electron chi connectivity index (χ1n) is 10.8. The van der Waals surface area contributed by atoms with Crippen LogP contribution in [0, 0.1) is 6.92 Å². The molecule has 0 radical (unpaired) electrons. The molecule has 1 heterocycles. The van der Waals surface area contributed by atoms with Crippen molar-refractivity contribution in [2.45, 2.75) is 20.4 Å². The number of anilines is 2. The van der Waals surface area contributed by atoms with Crippen LogP contribution in [0.25, 0.3) is 0 Å². The molecule has 0 aliphatic carbocycles. The van der Waals surface area contributed by atoms with Crippen LogP contribution in [0.3, 0.4) is 0 Å². The molecule has 3 aromatic carbocycles. The lowest BCUT2D eigenvalue weighted by atomic mass is 10.1. The minimum atomic E-state index is -4.13. The number of sulfonamides is 1. The lowest BCUT2D eigenvalue weighted by Gasteiger charge is -2.31. The molecule has 0 saturated carbocycles. The van der Waals surface area contributed by atoms with E-state index >= 15 is 0 Å². The number of nitrogens with zero attached hydrogens (tertiary/aromatic N) is 1. The zero-order valence-corrected chi connectivity index (χ0v) is 19.6. The first-order chi connectivity index (χ1) is 16.3. The first kappa shape index (κ1) is 23.3. The van der Waals surface area contributed by atoms with Gasteiger partial charge in [0.05, 0.1) is 24.4 Å². The summed E-state index contributed by atoms with van der Waals surface area (Å²) < 4.78 is 33.3. The van der Waals surface area contributed by atoms with E-state index in [-0.39, 0.29) is 18.1 Å². The van der Waals surface area contributed by atoms with Crippen molar-refractivity contribution in [3.05, 3.63) is 106 Å². The molecule has 0 unspecified atom stereocenters. The number of ether oxygens (including phenoxy) is 1. The maximum absolute atomic E-state index is 13.5. The number of hydrogen-bond donors (Lipinski definition) is 1. The Bertz CT molecular complexity index is 1360. The van der Waals surface area contributed by atoms with Crippen LogP contribution in [-0.4, -0.2) is 26.8 Å². The maximum atomic E-state index is 13.5. The molecular formula is C26H24N2O5S. The van der Waals surface area contributed by atoms with Gasteiger partial charge in [0, 0.05) is 17.5 Å². The topological polar surface area (TPSA) is 92.8 Å². The molecule has 0 amide bonds. The van der Waals surface area contributed by atoms with Crippen LogP contribution in [0.5, 0.6) is 0 Å². The SMILES string of the molecule is CCOC(=O)c1ccc(N/C=C2/C(=O)c3ccccc3N(Cc3ccc(C)cc3)S2(=O)=O)cc1. The molecular weight excluding hydrogens is 452 g/mol. The Labute approximate surface area is 198 Å². The molecule has 0 atom stereocenters. The standard InChI is InChI=1S/C26H24N2O5S/c1-3-33-26(30)20-12-14-21(15-13-20)27-16-24-25(29)22-6-4-5-7-23(22)28(34(24,31)32)17-19-10-8-18(2)9-11-19/h4-16,27H,3,17H2,1-2H3/b24-16-. The molecule has 0 saturated heterocycles. The minimum absolute atomic E-state index is 0.0957. The maximum Gasteiger partial charge on any atom is 0.338 e. The number of carbonyl (C=O) groups excluding carboxylic acids is 2. The first-order valence-corrected chi connectivity index (χ1v) is 12.2. The van der Waals surface area contributed by atoms with Crippen molar-refractivity contribution in [1.29, 1.82) is 0 Å². The van der Waals surface area contributed by atoms with Crippen LogP contribution < -0.4 is 9.62 Å². The van der Waals surface area contributed by atoms with E-state index in [4.69, 9.17) is 4.74 Å². The molecule has 3 aromatic rings. The third-order valence-electron chi connectivity index (χ3n) is 5.42. The largest absolute Gasteiger partial charge is 0.462 e. The van der Waals surface area contributed by atoms with Gasteiger partial charge >= 0.3 is 5.97 Å². The third kappa shape index (κ3) is 4.58. The van der Waals surface area contributed by atoms with E-state index in [1.54, 1.807) is 55.5 Å². The average Bonchev–Trinajstić information content (AvgIpc) is 2.83. The molecule has 1 N–H and O–H groups in total. The number of para-hydroxylation sites is 1. The Balaban J connectivity index is 1.67. The zero-order chi connectivity index (χ0) is 24.3. The molecule has 7 nitrogen and oxygen atoms in total. The predicted molar refractivity (Wildman–Crippen MR) is 131 cm³/mol. The van der Waals surface area contributed by atoms with Gasteiger partial charge in [-0.3, -0.25) is 9.10 Å². The number of hydrogen-bond acceptors (Lipinski definition) is 6. The molecule has 1 aliphatic heterocycles. The summed E-state index contributed by atoms with van der Waals surface area (Å²) in [4.78, 5) is 24.6. The second-order valence-corrected chi connectivity index (χ2v) is 9.63. The Kier molecular flexibility index (Phi) is 6.51. The van der Waals surface area contributed by atoms with Crippen molar-refractivity contribution >= 4 is 33.2 Å². The van der Waals surface area contributed by atoms with Gasteiger partial charge in [-0.2, -0.15) is 0 Å². The molecule has 0 bridgehead atoms. The predicted octanol–water partition coefficient (Wildman–Crippen LogP) is 4.66. The van der Waals surface area contributed by atoms with Crippen LogP contribution in [0.15, 0.2) is 83.9 Å². The van der Waals surface area contributed by atoms with Crippen molar-refractivity contribution in [2.24, 2.45) is 0 Å². The quantitative estimate of drug-likeness (QED) is 0.411. The van der Waals surface area contributed by atoms with Crippen LogP contribution in [0.4, 0.5) is 11.4 Å². The number of fused-ring (bicyclic) bond motifs is 1. The number of allylic oxidation sites excluding steroid dienone is 1. The Hall–Kier alpha value is -3.91. The number of Topliss-reactive ketones (excluding diaryl/α,β-unsaturated/α-hetero) is 1. The van der Waals surface area contributed by atoms with Crippen LogP contribution in [-0.2, 0) is 21.3 Å². The summed E-state index contributed by atoms with van der Waals surface area (Å²) in [6, 6.07) is 20.6. The van der Waals surface area contributed by atoms with Crippen molar-refractivity contribution in [3.8, 4) is 0 Å². The van der Waals surface area contributed by atoms with Crippen molar-refractivity contribution < 1.29 is 22.7 Å². The molecule has 0 fully saturated rings. The summed E-state index contributed by atoms with van der Waals surface area (Å²) in [5, 5.41) is 2.88.